The number of anilines is 1. The summed E-state index contributed by atoms with van der Waals surface area (Å²) in [6.45, 7) is 2.45. The van der Waals surface area contributed by atoms with Gasteiger partial charge in [0.25, 0.3) is 0 Å². The fourth-order valence-electron chi connectivity index (χ4n) is 2.95. The quantitative estimate of drug-likeness (QED) is 0.527. The monoisotopic (exact) mass is 407 g/mol. The molecule has 1 aromatic heterocycles. The van der Waals surface area contributed by atoms with Gasteiger partial charge in [0.05, 0.1) is 6.54 Å². The van der Waals surface area contributed by atoms with E-state index in [-0.39, 0.29) is 25.3 Å². The van der Waals surface area contributed by atoms with Crippen LogP contribution in [0.2, 0.25) is 0 Å². The molecule has 152 valence electrons. The second-order valence-corrected chi connectivity index (χ2v) is 8.69. The van der Waals surface area contributed by atoms with E-state index in [0.29, 0.717) is 5.75 Å². The zero-order chi connectivity index (χ0) is 20.0. The molecule has 3 rings (SSSR count). The Bertz CT molecular complexity index is 836. The smallest absolute Gasteiger partial charge is 0.349 e. The second kappa shape index (κ2) is 9.47. The van der Waals surface area contributed by atoms with E-state index in [1.54, 1.807) is 12.3 Å². The van der Waals surface area contributed by atoms with Gasteiger partial charge in [0.2, 0.25) is 6.35 Å². The highest BCUT2D eigenvalue weighted by atomic mass is 31.2. The van der Waals surface area contributed by atoms with Crippen molar-refractivity contribution < 1.29 is 18.7 Å². The van der Waals surface area contributed by atoms with Gasteiger partial charge in [0.15, 0.2) is 5.75 Å². The van der Waals surface area contributed by atoms with Crippen molar-refractivity contribution >= 4 is 13.8 Å². The lowest BCUT2D eigenvalue weighted by molar-refractivity contribution is -0.229. The minimum absolute atomic E-state index is 0.0616. The fourth-order valence-corrected chi connectivity index (χ4v) is 4.40. The largest absolute Gasteiger partial charge is 0.622 e. The first-order valence-electron chi connectivity index (χ1n) is 9.45. The molecule has 2 aromatic rings. The molecular formula is C19H26N3O5P. The molecule has 1 saturated heterocycles. The predicted molar refractivity (Wildman–Crippen MR) is 106 cm³/mol. The Hall–Kier alpha value is -1.99. The van der Waals surface area contributed by atoms with Crippen LogP contribution in [0.25, 0.3) is 0 Å². The van der Waals surface area contributed by atoms with E-state index in [2.05, 4.69) is 11.9 Å². The van der Waals surface area contributed by atoms with Gasteiger partial charge < -0.3 is 19.9 Å². The summed E-state index contributed by atoms with van der Waals surface area (Å²) in [4.78, 5) is 28.4. The van der Waals surface area contributed by atoms with Crippen LogP contribution in [0.4, 0.5) is 5.82 Å². The van der Waals surface area contributed by atoms with Crippen molar-refractivity contribution in [1.29, 1.82) is 0 Å². The number of aromatic nitrogens is 2. The van der Waals surface area contributed by atoms with Crippen molar-refractivity contribution in [2.75, 3.05) is 18.7 Å². The molecule has 0 amide bonds. The van der Waals surface area contributed by atoms with Gasteiger partial charge in [-0.1, -0.05) is 38.0 Å². The highest BCUT2D eigenvalue weighted by molar-refractivity contribution is 7.59. The Labute approximate surface area is 164 Å². The number of hydrogen-bond acceptors (Lipinski definition) is 7. The van der Waals surface area contributed by atoms with Gasteiger partial charge in [0, 0.05) is 6.20 Å². The third-order valence-corrected chi connectivity index (χ3v) is 5.96. The van der Waals surface area contributed by atoms with Crippen LogP contribution >= 0.6 is 7.94 Å². The van der Waals surface area contributed by atoms with Gasteiger partial charge in [-0.2, -0.15) is 9.51 Å². The van der Waals surface area contributed by atoms with Crippen molar-refractivity contribution in [1.82, 2.24) is 9.55 Å². The average Bonchev–Trinajstić information content (AvgIpc) is 2.67. The van der Waals surface area contributed by atoms with Crippen LogP contribution in [0.5, 0.6) is 5.75 Å². The van der Waals surface area contributed by atoms with Crippen molar-refractivity contribution in [3.8, 4) is 5.75 Å². The van der Waals surface area contributed by atoms with Crippen LogP contribution in [-0.4, -0.2) is 28.6 Å². The lowest BCUT2D eigenvalue weighted by Gasteiger charge is -2.34. The molecule has 1 fully saturated rings. The molecule has 0 saturated carbocycles. The number of rotatable bonds is 8. The van der Waals surface area contributed by atoms with Gasteiger partial charge >= 0.3 is 13.6 Å². The molecule has 8 nitrogen and oxygen atoms in total. The first-order valence-corrected chi connectivity index (χ1v) is 11.2. The second-order valence-electron chi connectivity index (χ2n) is 6.77. The summed E-state index contributed by atoms with van der Waals surface area (Å²) >= 11 is 0. The summed E-state index contributed by atoms with van der Waals surface area (Å²) in [5.41, 5.74) is 6.03. The summed E-state index contributed by atoms with van der Waals surface area (Å²) in [5, 5.41) is 0. The highest BCUT2D eigenvalue weighted by Gasteiger charge is 2.40. The van der Waals surface area contributed by atoms with Crippen LogP contribution in [0.1, 0.15) is 31.7 Å². The van der Waals surface area contributed by atoms with Crippen molar-refractivity contribution in [3.63, 3.8) is 0 Å². The number of ether oxygens (including phenoxy) is 1. The first kappa shape index (κ1) is 20.7. The molecule has 1 aliphatic heterocycles. The lowest BCUT2D eigenvalue weighted by Crippen LogP contribution is -2.39. The zero-order valence-corrected chi connectivity index (χ0v) is 16.8. The maximum absolute atomic E-state index is 12.9. The van der Waals surface area contributed by atoms with Crippen LogP contribution in [0, 0.1) is 0 Å². The van der Waals surface area contributed by atoms with Crippen LogP contribution < -0.4 is 20.8 Å². The molecule has 0 radical (unpaired) electrons. The number of unbranched alkanes of at least 4 members (excludes halogenated alkanes) is 2. The van der Waals surface area contributed by atoms with E-state index < -0.39 is 19.7 Å². The average molecular weight is 407 g/mol. The molecule has 0 bridgehead atoms. The third-order valence-electron chi connectivity index (χ3n) is 4.48. The molecule has 1 aliphatic rings. The van der Waals surface area contributed by atoms with Gasteiger partial charge in [-0.15, -0.1) is 0 Å². The molecule has 2 unspecified atom stereocenters. The van der Waals surface area contributed by atoms with Gasteiger partial charge in [-0.05, 0) is 30.5 Å². The van der Waals surface area contributed by atoms with E-state index in [1.165, 1.54) is 10.6 Å². The minimum atomic E-state index is -3.41. The Morgan fingerprint density at radius 1 is 1.36 bits per heavy atom. The van der Waals surface area contributed by atoms with E-state index >= 15 is 0 Å². The molecule has 2 atom stereocenters. The number of nitrogen functional groups attached to an aromatic ring is 1. The van der Waals surface area contributed by atoms with Crippen LogP contribution in [0.15, 0.2) is 41.3 Å². The van der Waals surface area contributed by atoms with E-state index in [1.807, 2.05) is 18.2 Å². The van der Waals surface area contributed by atoms with Crippen molar-refractivity contribution in [2.24, 2.45) is 0 Å². The number of nitrogens with zero attached hydrogens (tertiary/aromatic N) is 2. The summed E-state index contributed by atoms with van der Waals surface area (Å²) < 4.78 is 18.3. The maximum atomic E-state index is 12.9. The Morgan fingerprint density at radius 3 is 2.89 bits per heavy atom. The summed E-state index contributed by atoms with van der Waals surface area (Å²) in [7, 11) is -3.41. The molecule has 2 heterocycles. The SMILES string of the molecule is CCCCCc1ccccc1O[P+]1([O-])COC(Cn2ccc(N)nc2=O)CO1. The molecule has 0 aliphatic carbocycles. The number of nitrogens with two attached hydrogens (primary N) is 1. The number of para-hydroxylation sites is 1. The van der Waals surface area contributed by atoms with Gasteiger partial charge in [0.1, 0.15) is 18.5 Å². The van der Waals surface area contributed by atoms with Crippen LogP contribution in [-0.2, 0) is 22.2 Å². The molecule has 0 spiro atoms. The van der Waals surface area contributed by atoms with E-state index in [0.717, 1.165) is 31.2 Å². The fraction of sp³-hybridized carbons (Fsp3) is 0.474. The van der Waals surface area contributed by atoms with Crippen molar-refractivity contribution in [3.05, 3.63) is 52.6 Å². The predicted octanol–water partition coefficient (Wildman–Crippen LogP) is 2.13. The van der Waals surface area contributed by atoms with Crippen molar-refractivity contribution in [2.45, 2.75) is 45.3 Å². The number of aryl methyl sites for hydroxylation is 1. The van der Waals surface area contributed by atoms with Gasteiger partial charge in [-0.3, -0.25) is 4.57 Å². The van der Waals surface area contributed by atoms with E-state index in [4.69, 9.17) is 19.5 Å². The molecule has 2 N–H and O–H groups in total. The summed E-state index contributed by atoms with van der Waals surface area (Å²) in [5.74, 6) is 0.737. The summed E-state index contributed by atoms with van der Waals surface area (Å²) in [6.07, 6.45) is 5.13. The summed E-state index contributed by atoms with van der Waals surface area (Å²) in [6, 6.07) is 9.10. The molecule has 28 heavy (non-hydrogen) atoms. The van der Waals surface area contributed by atoms with Crippen LogP contribution in [0.3, 0.4) is 0 Å². The van der Waals surface area contributed by atoms with Gasteiger partial charge in [-0.25, -0.2) is 4.79 Å². The molecular weight excluding hydrogens is 381 g/mol. The zero-order valence-electron chi connectivity index (χ0n) is 16.0. The number of hydrogen-bond donors (Lipinski definition) is 1. The highest BCUT2D eigenvalue weighted by Crippen LogP contribution is 2.55. The first-order chi connectivity index (χ1) is 13.5. The third kappa shape index (κ3) is 5.52. The van der Waals surface area contributed by atoms with E-state index in [9.17, 15) is 9.69 Å². The topological polar surface area (TPSA) is 112 Å². The Kier molecular flexibility index (Phi) is 7.02. The lowest BCUT2D eigenvalue weighted by atomic mass is 10.1. The maximum Gasteiger partial charge on any atom is 0.349 e. The standard InChI is InChI=1S/C19H26N3O5P/c1-2-3-4-7-15-8-5-6-9-17(15)27-28(24)14-25-16(13-26-28)12-22-11-10-18(20)21-19(22)23/h5-6,8-11,16H,2-4,7,12-14H2,1H3,(H2,20,21,23). The number of benzene rings is 1. The Morgan fingerprint density at radius 2 is 2.18 bits per heavy atom. The normalized spacial score (nSPS) is 22.1. The Balaban J connectivity index is 1.58. The molecule has 9 heteroatoms. The minimum Gasteiger partial charge on any atom is -0.622 e. The molecule has 1 aromatic carbocycles.